The maximum Gasteiger partial charge on any atom is 0.244 e. The third-order valence-electron chi connectivity index (χ3n) is 7.04. The second-order valence-corrected chi connectivity index (χ2v) is 11.2. The average molecular weight is 432 g/mol. The second-order valence-electron chi connectivity index (χ2n) is 8.75. The summed E-state index contributed by atoms with van der Waals surface area (Å²) in [6, 6.07) is 2.92. The van der Waals surface area contributed by atoms with E-state index in [1.54, 1.807) is 0 Å². The summed E-state index contributed by atoms with van der Waals surface area (Å²) >= 11 is 12.2. The van der Waals surface area contributed by atoms with Crippen molar-refractivity contribution in [1.82, 2.24) is 4.72 Å². The molecule has 0 spiro atoms. The van der Waals surface area contributed by atoms with Crippen LogP contribution in [0.4, 0.5) is 0 Å². The summed E-state index contributed by atoms with van der Waals surface area (Å²) < 4.78 is 34.8. The van der Waals surface area contributed by atoms with E-state index in [2.05, 4.69) is 11.6 Å². The molecule has 4 saturated carbocycles. The van der Waals surface area contributed by atoms with E-state index in [-0.39, 0.29) is 32.1 Å². The van der Waals surface area contributed by atoms with Gasteiger partial charge in [-0.25, -0.2) is 13.1 Å². The van der Waals surface area contributed by atoms with Gasteiger partial charge in [0.15, 0.2) is 5.75 Å². The number of hydrogen-bond donors (Lipinski definition) is 1. The molecule has 4 bridgehead atoms. The molecule has 0 radical (unpaired) electrons. The van der Waals surface area contributed by atoms with E-state index in [9.17, 15) is 8.42 Å². The van der Waals surface area contributed by atoms with Crippen LogP contribution >= 0.6 is 23.2 Å². The zero-order chi connectivity index (χ0) is 19.4. The van der Waals surface area contributed by atoms with Gasteiger partial charge in [-0.15, -0.1) is 0 Å². The first kappa shape index (κ1) is 19.8. The van der Waals surface area contributed by atoms with Crippen LogP contribution in [0.5, 0.6) is 5.75 Å². The van der Waals surface area contributed by atoms with Crippen LogP contribution < -0.4 is 9.46 Å². The fraction of sp³-hybridized carbons (Fsp3) is 0.700. The van der Waals surface area contributed by atoms with Crippen molar-refractivity contribution in [3.8, 4) is 5.75 Å². The number of ether oxygens (including phenoxy) is 1. The van der Waals surface area contributed by atoms with E-state index < -0.39 is 10.0 Å². The Kier molecular flexibility index (Phi) is 5.20. The SMILES string of the molecule is CC[C@H](NS(=O)(=O)c1ccc(Cl)c(Cl)c1OC)C12CC3CC(CC(C3)C1)C2. The summed E-state index contributed by atoms with van der Waals surface area (Å²) in [6.07, 6.45) is 8.25. The number of hydrogen-bond acceptors (Lipinski definition) is 3. The van der Waals surface area contributed by atoms with Crippen molar-refractivity contribution in [1.29, 1.82) is 0 Å². The van der Waals surface area contributed by atoms with Crippen molar-refractivity contribution in [3.63, 3.8) is 0 Å². The van der Waals surface area contributed by atoms with Crippen molar-refractivity contribution >= 4 is 33.2 Å². The second kappa shape index (κ2) is 7.08. The van der Waals surface area contributed by atoms with Gasteiger partial charge in [0.05, 0.1) is 12.1 Å². The number of rotatable bonds is 6. The third-order valence-corrected chi connectivity index (χ3v) is 9.32. The first-order chi connectivity index (χ1) is 12.8. The summed E-state index contributed by atoms with van der Waals surface area (Å²) in [4.78, 5) is 0.0579. The summed E-state index contributed by atoms with van der Waals surface area (Å²) in [7, 11) is -2.36. The van der Waals surface area contributed by atoms with Crippen LogP contribution in [0.1, 0.15) is 51.9 Å². The number of methoxy groups -OCH3 is 1. The van der Waals surface area contributed by atoms with E-state index in [4.69, 9.17) is 27.9 Å². The molecule has 0 heterocycles. The zero-order valence-corrected chi connectivity index (χ0v) is 18.1. The number of sulfonamides is 1. The Bertz CT molecular complexity index is 805. The molecule has 27 heavy (non-hydrogen) atoms. The Morgan fingerprint density at radius 1 is 1.15 bits per heavy atom. The fourth-order valence-electron chi connectivity index (χ4n) is 6.41. The van der Waals surface area contributed by atoms with Gasteiger partial charge in [-0.05, 0) is 80.2 Å². The van der Waals surface area contributed by atoms with Gasteiger partial charge in [0.2, 0.25) is 10.0 Å². The molecule has 1 atom stereocenters. The lowest BCUT2D eigenvalue weighted by atomic mass is 9.47. The Morgan fingerprint density at radius 2 is 1.70 bits per heavy atom. The third kappa shape index (κ3) is 3.39. The molecule has 0 unspecified atom stereocenters. The van der Waals surface area contributed by atoms with E-state index in [0.29, 0.717) is 0 Å². The van der Waals surface area contributed by atoms with E-state index >= 15 is 0 Å². The molecule has 0 amide bonds. The first-order valence-corrected chi connectivity index (χ1v) is 12.1. The van der Waals surface area contributed by atoms with Crippen molar-refractivity contribution in [2.45, 2.75) is 62.8 Å². The van der Waals surface area contributed by atoms with Crippen molar-refractivity contribution in [3.05, 3.63) is 22.2 Å². The molecule has 4 fully saturated rings. The summed E-state index contributed by atoms with van der Waals surface area (Å²) in [5.41, 5.74) is 0.0972. The normalized spacial score (nSPS) is 33.3. The van der Waals surface area contributed by atoms with Crippen LogP contribution in [-0.2, 0) is 10.0 Å². The van der Waals surface area contributed by atoms with Crippen LogP contribution in [0.3, 0.4) is 0 Å². The molecule has 0 saturated heterocycles. The van der Waals surface area contributed by atoms with Gasteiger partial charge in [-0.1, -0.05) is 30.1 Å². The van der Waals surface area contributed by atoms with Gasteiger partial charge in [0.1, 0.15) is 9.92 Å². The molecule has 7 heteroatoms. The minimum absolute atomic E-state index is 0.0579. The van der Waals surface area contributed by atoms with Gasteiger partial charge >= 0.3 is 0 Å². The lowest BCUT2D eigenvalue weighted by molar-refractivity contribution is -0.0704. The molecule has 5 rings (SSSR count). The predicted molar refractivity (Wildman–Crippen MR) is 108 cm³/mol. The average Bonchev–Trinajstić information content (AvgIpc) is 2.60. The molecular formula is C20H27Cl2NO3S. The maximum absolute atomic E-state index is 13.2. The van der Waals surface area contributed by atoms with Crippen molar-refractivity contribution in [2.75, 3.05) is 7.11 Å². The molecule has 0 aromatic heterocycles. The van der Waals surface area contributed by atoms with Gasteiger partial charge in [-0.2, -0.15) is 0 Å². The molecule has 4 nitrogen and oxygen atoms in total. The molecule has 1 aromatic rings. The fourth-order valence-corrected chi connectivity index (χ4v) is 8.45. The zero-order valence-electron chi connectivity index (χ0n) is 15.8. The Balaban J connectivity index is 1.65. The summed E-state index contributed by atoms with van der Waals surface area (Å²) in [6.45, 7) is 2.08. The highest BCUT2D eigenvalue weighted by atomic mass is 35.5. The van der Waals surface area contributed by atoms with Crippen LogP contribution in [0.15, 0.2) is 17.0 Å². The molecule has 150 valence electrons. The highest BCUT2D eigenvalue weighted by molar-refractivity contribution is 7.89. The van der Waals surface area contributed by atoms with Crippen LogP contribution in [0.2, 0.25) is 10.0 Å². The quantitative estimate of drug-likeness (QED) is 0.666. The Morgan fingerprint density at radius 3 is 2.19 bits per heavy atom. The summed E-state index contributed by atoms with van der Waals surface area (Å²) in [5, 5.41) is 0.408. The van der Waals surface area contributed by atoms with E-state index in [0.717, 1.165) is 43.4 Å². The number of halogens is 2. The Hall–Kier alpha value is -0.490. The molecule has 1 aromatic carbocycles. The smallest absolute Gasteiger partial charge is 0.244 e. The number of nitrogens with one attached hydrogen (secondary N) is 1. The predicted octanol–water partition coefficient (Wildman–Crippen LogP) is 5.28. The summed E-state index contributed by atoms with van der Waals surface area (Å²) in [5.74, 6) is 2.43. The molecule has 4 aliphatic rings. The van der Waals surface area contributed by atoms with E-state index in [1.165, 1.54) is 38.5 Å². The van der Waals surface area contributed by atoms with Crippen LogP contribution in [-0.4, -0.2) is 21.6 Å². The largest absolute Gasteiger partial charge is 0.494 e. The van der Waals surface area contributed by atoms with Gasteiger partial charge < -0.3 is 4.74 Å². The topological polar surface area (TPSA) is 55.4 Å². The monoisotopic (exact) mass is 431 g/mol. The van der Waals surface area contributed by atoms with Crippen molar-refractivity contribution in [2.24, 2.45) is 23.2 Å². The van der Waals surface area contributed by atoms with Gasteiger partial charge in [0.25, 0.3) is 0 Å². The van der Waals surface area contributed by atoms with Gasteiger partial charge in [-0.3, -0.25) is 0 Å². The number of benzene rings is 1. The highest BCUT2D eigenvalue weighted by Gasteiger charge is 2.54. The first-order valence-electron chi connectivity index (χ1n) is 9.82. The molecular weight excluding hydrogens is 405 g/mol. The minimum Gasteiger partial charge on any atom is -0.494 e. The van der Waals surface area contributed by atoms with Gasteiger partial charge in [0, 0.05) is 6.04 Å². The van der Waals surface area contributed by atoms with E-state index in [1.807, 2.05) is 0 Å². The van der Waals surface area contributed by atoms with Crippen LogP contribution in [0, 0.1) is 23.2 Å². The van der Waals surface area contributed by atoms with Crippen LogP contribution in [0.25, 0.3) is 0 Å². The molecule has 1 N–H and O–H groups in total. The lowest BCUT2D eigenvalue weighted by Gasteiger charge is -2.59. The maximum atomic E-state index is 13.2. The van der Waals surface area contributed by atoms with Crippen molar-refractivity contribution < 1.29 is 13.2 Å². The lowest BCUT2D eigenvalue weighted by Crippen LogP contribution is -2.56. The minimum atomic E-state index is -3.77. The Labute approximate surface area is 172 Å². The molecule has 4 aliphatic carbocycles. The molecule has 0 aliphatic heterocycles. The standard InChI is InChI=1S/C20H27Cl2NO3S/c1-3-17(20-9-12-6-13(10-20)8-14(7-12)11-20)23-27(24,25)16-5-4-15(21)18(22)19(16)26-2/h4-5,12-14,17,23H,3,6-11H2,1-2H3/t12?,13?,14?,17-,20?/m0/s1. The highest BCUT2D eigenvalue weighted by Crippen LogP contribution is 2.61.